The van der Waals surface area contributed by atoms with Gasteiger partial charge in [-0.3, -0.25) is 0 Å². The van der Waals surface area contributed by atoms with Crippen molar-refractivity contribution >= 4 is 6.08 Å². The van der Waals surface area contributed by atoms with Gasteiger partial charge in [0.2, 0.25) is 0 Å². The van der Waals surface area contributed by atoms with Crippen molar-refractivity contribution < 1.29 is 9.47 Å². The Morgan fingerprint density at radius 2 is 1.85 bits per heavy atom. The van der Waals surface area contributed by atoms with E-state index < -0.39 is 5.79 Å². The molecule has 1 aromatic heterocycles. The lowest BCUT2D eigenvalue weighted by atomic mass is 9.62. The summed E-state index contributed by atoms with van der Waals surface area (Å²) < 4.78 is 15.0. The molecule has 2 aliphatic carbocycles. The number of hydrogen-bond donors (Lipinski definition) is 0. The monoisotopic (exact) mass is 350 g/mol. The molecule has 3 aliphatic rings. The molecule has 0 bridgehead atoms. The second-order valence-corrected chi connectivity index (χ2v) is 8.23. The number of hydrogen-bond acceptors (Lipinski definition) is 3. The Bertz CT molecular complexity index is 860. The summed E-state index contributed by atoms with van der Waals surface area (Å²) in [5.41, 5.74) is 4.91. The summed E-state index contributed by atoms with van der Waals surface area (Å²) in [5, 5.41) is 4.69. The molecule has 1 spiro atoms. The van der Waals surface area contributed by atoms with E-state index in [1.165, 1.54) is 16.8 Å². The van der Waals surface area contributed by atoms with Crippen LogP contribution in [0.1, 0.15) is 51.3 Å². The lowest BCUT2D eigenvalue weighted by Gasteiger charge is -2.51. The van der Waals surface area contributed by atoms with Crippen LogP contribution in [0, 0.1) is 5.41 Å². The maximum Gasteiger partial charge on any atom is 0.178 e. The Balaban J connectivity index is 1.60. The molecule has 3 atom stereocenters. The van der Waals surface area contributed by atoms with E-state index in [1.807, 2.05) is 12.3 Å². The molecule has 4 heteroatoms. The standard InChI is InChI=1S/C22H26N2O2/c1-15-16(2)26-22(25-15)11-7-8-18-12-20-17(13-21(18,22)3)14-23-24(20)19-9-5-4-6-10-19/h4-6,9-10,12,14-16H,7-8,11,13H2,1-3H3/t15-,16-,21?/m1/s1. The van der Waals surface area contributed by atoms with E-state index in [9.17, 15) is 0 Å². The summed E-state index contributed by atoms with van der Waals surface area (Å²) in [6, 6.07) is 10.4. The van der Waals surface area contributed by atoms with Gasteiger partial charge in [0.15, 0.2) is 5.79 Å². The van der Waals surface area contributed by atoms with Crippen LogP contribution in [0.2, 0.25) is 0 Å². The SMILES string of the molecule is C[C@H]1OC2(CCCC3=Cc4c(cnn4-c4ccccc4)CC32C)O[C@@H]1C. The minimum absolute atomic E-state index is 0.123. The summed E-state index contributed by atoms with van der Waals surface area (Å²) >= 11 is 0. The van der Waals surface area contributed by atoms with Crippen molar-refractivity contribution in [2.75, 3.05) is 0 Å². The molecule has 0 N–H and O–H groups in total. The maximum atomic E-state index is 6.49. The number of rotatable bonds is 1. The molecule has 2 fully saturated rings. The summed E-state index contributed by atoms with van der Waals surface area (Å²) in [6.07, 6.45) is 8.74. The van der Waals surface area contributed by atoms with Gasteiger partial charge in [0.05, 0.1) is 29.8 Å². The number of benzene rings is 1. The van der Waals surface area contributed by atoms with Crippen LogP contribution < -0.4 is 0 Å². The van der Waals surface area contributed by atoms with E-state index in [2.05, 4.69) is 55.8 Å². The third kappa shape index (κ3) is 2.12. The van der Waals surface area contributed by atoms with Crippen LogP contribution in [-0.4, -0.2) is 27.8 Å². The zero-order valence-corrected chi connectivity index (χ0v) is 15.7. The van der Waals surface area contributed by atoms with Crippen LogP contribution >= 0.6 is 0 Å². The highest BCUT2D eigenvalue weighted by atomic mass is 16.8. The quantitative estimate of drug-likeness (QED) is 0.758. The summed E-state index contributed by atoms with van der Waals surface area (Å²) in [7, 11) is 0. The van der Waals surface area contributed by atoms with Gasteiger partial charge in [-0.2, -0.15) is 5.10 Å². The van der Waals surface area contributed by atoms with Crippen LogP contribution in [-0.2, 0) is 15.9 Å². The Hall–Kier alpha value is -1.91. The number of para-hydroxylation sites is 1. The first-order valence-corrected chi connectivity index (χ1v) is 9.71. The van der Waals surface area contributed by atoms with E-state index in [0.717, 1.165) is 31.4 Å². The van der Waals surface area contributed by atoms with Crippen LogP contribution in [0.25, 0.3) is 11.8 Å². The van der Waals surface area contributed by atoms with Crippen molar-refractivity contribution in [2.45, 2.75) is 64.4 Å². The molecule has 1 unspecified atom stereocenters. The van der Waals surface area contributed by atoms with Gasteiger partial charge in [-0.05, 0) is 56.9 Å². The highest BCUT2D eigenvalue weighted by molar-refractivity contribution is 5.61. The molecule has 2 aromatic rings. The second-order valence-electron chi connectivity index (χ2n) is 8.23. The Morgan fingerprint density at radius 1 is 1.12 bits per heavy atom. The Kier molecular flexibility index (Phi) is 3.47. The molecule has 0 radical (unpaired) electrons. The number of nitrogens with zero attached hydrogens (tertiary/aromatic N) is 2. The first-order chi connectivity index (χ1) is 12.5. The molecule has 4 nitrogen and oxygen atoms in total. The van der Waals surface area contributed by atoms with Crippen molar-refractivity contribution in [1.29, 1.82) is 0 Å². The van der Waals surface area contributed by atoms with Gasteiger partial charge in [0.1, 0.15) is 0 Å². The fourth-order valence-corrected chi connectivity index (χ4v) is 4.99. The molecular weight excluding hydrogens is 324 g/mol. The average molecular weight is 350 g/mol. The fraction of sp³-hybridized carbons (Fsp3) is 0.500. The molecule has 1 aromatic carbocycles. The van der Waals surface area contributed by atoms with Crippen LogP contribution in [0.5, 0.6) is 0 Å². The summed E-state index contributed by atoms with van der Waals surface area (Å²) in [5.74, 6) is -0.498. The Morgan fingerprint density at radius 3 is 2.58 bits per heavy atom. The van der Waals surface area contributed by atoms with E-state index in [-0.39, 0.29) is 17.6 Å². The fourth-order valence-electron chi connectivity index (χ4n) is 4.99. The van der Waals surface area contributed by atoms with Crippen LogP contribution in [0.3, 0.4) is 0 Å². The smallest absolute Gasteiger partial charge is 0.178 e. The third-order valence-corrected chi connectivity index (χ3v) is 6.66. The number of ether oxygens (including phenoxy) is 2. The average Bonchev–Trinajstić information content (AvgIpc) is 3.16. The summed E-state index contributed by atoms with van der Waals surface area (Å²) in [6.45, 7) is 6.58. The topological polar surface area (TPSA) is 36.3 Å². The third-order valence-electron chi connectivity index (χ3n) is 6.66. The second kappa shape index (κ2) is 5.54. The lowest BCUT2D eigenvalue weighted by Crippen LogP contribution is -2.53. The maximum absolute atomic E-state index is 6.49. The van der Waals surface area contributed by atoms with Crippen molar-refractivity contribution in [3.63, 3.8) is 0 Å². The molecular formula is C22H26N2O2. The van der Waals surface area contributed by atoms with E-state index in [0.29, 0.717) is 0 Å². The molecule has 2 heterocycles. The van der Waals surface area contributed by atoms with Gasteiger partial charge in [-0.1, -0.05) is 30.7 Å². The van der Waals surface area contributed by atoms with Gasteiger partial charge in [0.25, 0.3) is 0 Å². The zero-order valence-electron chi connectivity index (χ0n) is 15.7. The minimum Gasteiger partial charge on any atom is -0.343 e. The molecule has 1 aliphatic heterocycles. The van der Waals surface area contributed by atoms with Crippen molar-refractivity contribution in [3.8, 4) is 5.69 Å². The van der Waals surface area contributed by atoms with Crippen molar-refractivity contribution in [3.05, 3.63) is 53.4 Å². The molecule has 1 saturated carbocycles. The molecule has 26 heavy (non-hydrogen) atoms. The largest absolute Gasteiger partial charge is 0.343 e. The van der Waals surface area contributed by atoms with Gasteiger partial charge in [-0.25, -0.2) is 4.68 Å². The van der Waals surface area contributed by atoms with E-state index in [4.69, 9.17) is 14.6 Å². The first kappa shape index (κ1) is 16.3. The predicted molar refractivity (Wildman–Crippen MR) is 101 cm³/mol. The van der Waals surface area contributed by atoms with Crippen LogP contribution in [0.15, 0.2) is 42.1 Å². The van der Waals surface area contributed by atoms with Gasteiger partial charge < -0.3 is 9.47 Å². The van der Waals surface area contributed by atoms with Gasteiger partial charge in [0, 0.05) is 11.8 Å². The highest BCUT2D eigenvalue weighted by Crippen LogP contribution is 2.58. The molecule has 136 valence electrons. The van der Waals surface area contributed by atoms with Crippen molar-refractivity contribution in [2.24, 2.45) is 5.41 Å². The zero-order chi connectivity index (χ0) is 17.9. The predicted octanol–water partition coefficient (Wildman–Crippen LogP) is 4.52. The number of aromatic nitrogens is 2. The lowest BCUT2D eigenvalue weighted by molar-refractivity contribution is -0.246. The highest BCUT2D eigenvalue weighted by Gasteiger charge is 2.60. The van der Waals surface area contributed by atoms with Gasteiger partial charge >= 0.3 is 0 Å². The Labute approximate surface area is 154 Å². The number of fused-ring (bicyclic) bond motifs is 3. The van der Waals surface area contributed by atoms with E-state index >= 15 is 0 Å². The minimum atomic E-state index is -0.498. The molecule has 1 saturated heterocycles. The summed E-state index contributed by atoms with van der Waals surface area (Å²) in [4.78, 5) is 0. The molecule has 5 rings (SSSR count). The van der Waals surface area contributed by atoms with Gasteiger partial charge in [-0.15, -0.1) is 0 Å². The van der Waals surface area contributed by atoms with Crippen LogP contribution in [0.4, 0.5) is 0 Å². The first-order valence-electron chi connectivity index (χ1n) is 9.71. The molecule has 0 amide bonds. The van der Waals surface area contributed by atoms with Crippen molar-refractivity contribution in [1.82, 2.24) is 9.78 Å². The normalized spacial score (nSPS) is 32.2. The van der Waals surface area contributed by atoms with E-state index in [1.54, 1.807) is 0 Å².